The molecule has 0 N–H and O–H groups in total. The summed E-state index contributed by atoms with van der Waals surface area (Å²) in [5, 5.41) is 0. The highest BCUT2D eigenvalue weighted by Gasteiger charge is 2.40. The molecule has 1 heterocycles. The second kappa shape index (κ2) is 10.9. The molecule has 0 saturated carbocycles. The maximum atomic E-state index is 11.2. The number of rotatable bonds is 11. The van der Waals surface area contributed by atoms with Gasteiger partial charge in [-0.05, 0) is 54.2 Å². The molecule has 1 aliphatic heterocycles. The fraction of sp³-hybridized carbons (Fsp3) is 0.550. The molecule has 2 rings (SSSR count). The van der Waals surface area contributed by atoms with Crippen LogP contribution in [0.5, 0.6) is 11.5 Å². The van der Waals surface area contributed by atoms with Crippen LogP contribution in [0.3, 0.4) is 0 Å². The largest absolute Gasteiger partial charge is 0.467 e. The summed E-state index contributed by atoms with van der Waals surface area (Å²) in [5.41, 5.74) is 0.885. The van der Waals surface area contributed by atoms with Gasteiger partial charge in [0.15, 0.2) is 25.7 Å². The van der Waals surface area contributed by atoms with Crippen molar-refractivity contribution in [1.29, 1.82) is 0 Å². The number of hydrogen-bond acceptors (Lipinski definition) is 7. The molecular weight excluding hydrogens is 432 g/mol. The second-order valence-corrected chi connectivity index (χ2v) is 7.47. The van der Waals surface area contributed by atoms with Gasteiger partial charge < -0.3 is 33.2 Å². The molecule has 1 aromatic carbocycles. The summed E-state index contributed by atoms with van der Waals surface area (Å²) in [4.78, 5) is 11.2. The lowest BCUT2D eigenvalue weighted by atomic mass is 10.1. The Hall–Kier alpha value is -1.45. The van der Waals surface area contributed by atoms with Gasteiger partial charge in [0, 0.05) is 20.3 Å². The smallest absolute Gasteiger partial charge is 0.188 e. The third-order valence-corrected chi connectivity index (χ3v) is 4.84. The molecule has 0 spiro atoms. The van der Waals surface area contributed by atoms with E-state index in [1.165, 1.54) is 0 Å². The van der Waals surface area contributed by atoms with E-state index in [0.717, 1.165) is 22.7 Å². The summed E-state index contributed by atoms with van der Waals surface area (Å²) in [6.45, 7) is 3.88. The Bertz CT molecular complexity index is 675. The lowest BCUT2D eigenvalue weighted by molar-refractivity contribution is -0.150. The zero-order valence-electron chi connectivity index (χ0n) is 16.6. The molecule has 1 aliphatic rings. The van der Waals surface area contributed by atoms with Crippen LogP contribution in [0.4, 0.5) is 0 Å². The van der Waals surface area contributed by atoms with Crippen molar-refractivity contribution >= 4 is 28.3 Å². The van der Waals surface area contributed by atoms with Gasteiger partial charge in [0.1, 0.15) is 17.6 Å². The molecule has 156 valence electrons. The number of carbonyl (C=O) groups excluding carboxylic acids is 1. The minimum absolute atomic E-state index is 0.122. The van der Waals surface area contributed by atoms with Gasteiger partial charge in [-0.3, -0.25) is 0 Å². The van der Waals surface area contributed by atoms with Gasteiger partial charge in [0.05, 0.1) is 10.6 Å². The van der Waals surface area contributed by atoms with Crippen LogP contribution in [0.15, 0.2) is 22.7 Å². The van der Waals surface area contributed by atoms with Gasteiger partial charge in [0.2, 0.25) is 0 Å². The molecule has 0 unspecified atom stereocenters. The van der Waals surface area contributed by atoms with Crippen LogP contribution in [0.2, 0.25) is 0 Å². The Morgan fingerprint density at radius 1 is 1.14 bits per heavy atom. The van der Waals surface area contributed by atoms with Gasteiger partial charge in [-0.1, -0.05) is 12.2 Å². The molecule has 1 saturated heterocycles. The Morgan fingerprint density at radius 3 is 2.54 bits per heavy atom. The zero-order valence-corrected chi connectivity index (χ0v) is 18.2. The average Bonchev–Trinajstić information content (AvgIpc) is 2.97. The molecule has 1 fully saturated rings. The summed E-state index contributed by atoms with van der Waals surface area (Å²) in [5.74, 6) is 0.486. The van der Waals surface area contributed by atoms with Crippen molar-refractivity contribution < 1.29 is 33.2 Å². The van der Waals surface area contributed by atoms with Crippen LogP contribution >= 0.6 is 15.9 Å². The van der Waals surface area contributed by atoms with Crippen LogP contribution < -0.4 is 9.47 Å². The molecule has 2 atom stereocenters. The third-order valence-electron chi connectivity index (χ3n) is 3.99. The minimum Gasteiger partial charge on any atom is -0.467 e. The van der Waals surface area contributed by atoms with Crippen molar-refractivity contribution in [2.45, 2.75) is 44.7 Å². The molecular formula is C20H27BrO7. The van der Waals surface area contributed by atoms with Crippen LogP contribution in [-0.2, 0) is 23.7 Å². The van der Waals surface area contributed by atoms with Crippen molar-refractivity contribution in [3.63, 3.8) is 0 Å². The van der Waals surface area contributed by atoms with Gasteiger partial charge in [-0.2, -0.15) is 0 Å². The highest BCUT2D eigenvalue weighted by atomic mass is 79.9. The minimum atomic E-state index is -0.733. The first kappa shape index (κ1) is 22.8. The molecule has 0 bridgehead atoms. The topological polar surface area (TPSA) is 72.5 Å². The summed E-state index contributed by atoms with van der Waals surface area (Å²) < 4.78 is 33.2. The summed E-state index contributed by atoms with van der Waals surface area (Å²) >= 11 is 3.56. The maximum Gasteiger partial charge on any atom is 0.188 e. The summed E-state index contributed by atoms with van der Waals surface area (Å²) in [6.07, 6.45) is 5.38. The van der Waals surface area contributed by atoms with E-state index in [1.54, 1.807) is 20.3 Å². The number of ether oxygens (including phenoxy) is 6. The van der Waals surface area contributed by atoms with E-state index in [-0.39, 0.29) is 19.7 Å². The van der Waals surface area contributed by atoms with Crippen molar-refractivity contribution in [2.24, 2.45) is 0 Å². The first-order valence-corrected chi connectivity index (χ1v) is 9.74. The number of methoxy groups -OCH3 is 2. The number of aldehydes is 1. The van der Waals surface area contributed by atoms with E-state index in [2.05, 4.69) is 15.9 Å². The normalized spacial score (nSPS) is 21.2. The fourth-order valence-electron chi connectivity index (χ4n) is 2.82. The fourth-order valence-corrected chi connectivity index (χ4v) is 3.30. The van der Waals surface area contributed by atoms with Gasteiger partial charge in [-0.25, -0.2) is 0 Å². The van der Waals surface area contributed by atoms with E-state index >= 15 is 0 Å². The molecule has 0 radical (unpaired) electrons. The Kier molecular flexibility index (Phi) is 8.91. The highest BCUT2D eigenvalue weighted by Crippen LogP contribution is 2.35. The quantitative estimate of drug-likeness (QED) is 0.367. The maximum absolute atomic E-state index is 11.2. The standard InChI is InChI=1S/C20H27BrO7/c1-20(2)27-16(18(11-22)28-20)8-6-5-7-14-9-15(25-12-23-3)10-17(19(14)21)26-13-24-4/h5,7,9-11,16,18H,6,8,12-13H2,1-4H3/b7-5+/t16-,18+/m0/s1. The van der Waals surface area contributed by atoms with Crippen molar-refractivity contribution in [1.82, 2.24) is 0 Å². The lowest BCUT2D eigenvalue weighted by Crippen LogP contribution is -2.23. The third kappa shape index (κ3) is 6.56. The molecule has 1 aromatic rings. The lowest BCUT2D eigenvalue weighted by Gasteiger charge is -2.16. The van der Waals surface area contributed by atoms with Crippen LogP contribution in [0.25, 0.3) is 6.08 Å². The summed E-state index contributed by atoms with van der Waals surface area (Å²) in [6, 6.07) is 3.64. The predicted octanol–water partition coefficient (Wildman–Crippen LogP) is 3.93. The molecule has 28 heavy (non-hydrogen) atoms. The molecule has 8 heteroatoms. The molecule has 0 amide bonds. The number of carbonyl (C=O) groups is 1. The number of benzene rings is 1. The van der Waals surface area contributed by atoms with E-state index in [0.29, 0.717) is 17.9 Å². The monoisotopic (exact) mass is 458 g/mol. The Labute approximate surface area is 174 Å². The molecule has 7 nitrogen and oxygen atoms in total. The predicted molar refractivity (Wildman–Crippen MR) is 107 cm³/mol. The molecule has 0 aromatic heterocycles. The Morgan fingerprint density at radius 2 is 1.86 bits per heavy atom. The SMILES string of the molecule is COCOc1cc(/C=C/CC[C@@H]2OC(C)(C)O[C@@H]2C=O)c(Br)c(OCOC)c1. The van der Waals surface area contributed by atoms with E-state index in [1.807, 2.05) is 32.1 Å². The van der Waals surface area contributed by atoms with E-state index < -0.39 is 11.9 Å². The van der Waals surface area contributed by atoms with Gasteiger partial charge in [-0.15, -0.1) is 0 Å². The van der Waals surface area contributed by atoms with E-state index in [4.69, 9.17) is 28.4 Å². The highest BCUT2D eigenvalue weighted by molar-refractivity contribution is 9.10. The number of halogens is 1. The average molecular weight is 459 g/mol. The van der Waals surface area contributed by atoms with Crippen molar-refractivity contribution in [3.8, 4) is 11.5 Å². The zero-order chi connectivity index (χ0) is 20.6. The van der Waals surface area contributed by atoms with E-state index in [9.17, 15) is 4.79 Å². The van der Waals surface area contributed by atoms with Crippen molar-refractivity contribution in [2.75, 3.05) is 27.8 Å². The van der Waals surface area contributed by atoms with Crippen LogP contribution in [-0.4, -0.2) is 52.1 Å². The van der Waals surface area contributed by atoms with Crippen LogP contribution in [0, 0.1) is 0 Å². The van der Waals surface area contributed by atoms with Gasteiger partial charge >= 0.3 is 0 Å². The summed E-state index contributed by atoms with van der Waals surface area (Å²) in [7, 11) is 3.12. The number of allylic oxidation sites excluding steroid dienone is 1. The first-order chi connectivity index (χ1) is 13.4. The molecule has 0 aliphatic carbocycles. The van der Waals surface area contributed by atoms with Gasteiger partial charge in [0.25, 0.3) is 0 Å². The van der Waals surface area contributed by atoms with Crippen molar-refractivity contribution in [3.05, 3.63) is 28.2 Å². The van der Waals surface area contributed by atoms with Crippen LogP contribution in [0.1, 0.15) is 32.3 Å². The second-order valence-electron chi connectivity index (χ2n) is 6.68. The Balaban J connectivity index is 2.05. The number of hydrogen-bond donors (Lipinski definition) is 0. The first-order valence-electron chi connectivity index (χ1n) is 8.94.